The van der Waals surface area contributed by atoms with Gasteiger partial charge in [-0.3, -0.25) is 0 Å². The zero-order chi connectivity index (χ0) is 26.5. The van der Waals surface area contributed by atoms with Crippen LogP contribution >= 0.6 is 0 Å². The van der Waals surface area contributed by atoms with Crippen LogP contribution in [0, 0.1) is 6.92 Å². The Morgan fingerprint density at radius 1 is 0.757 bits per heavy atom. The number of rotatable bonds is 14. The van der Waals surface area contributed by atoms with Gasteiger partial charge in [0.1, 0.15) is 0 Å². The van der Waals surface area contributed by atoms with E-state index < -0.39 is 0 Å². The second kappa shape index (κ2) is 15.3. The van der Waals surface area contributed by atoms with Gasteiger partial charge in [0, 0.05) is 0 Å². The fourth-order valence-corrected chi connectivity index (χ4v) is 5.04. The van der Waals surface area contributed by atoms with Crippen LogP contribution in [0.2, 0.25) is 0 Å². The van der Waals surface area contributed by atoms with Crippen molar-refractivity contribution in [1.82, 2.24) is 0 Å². The summed E-state index contributed by atoms with van der Waals surface area (Å²) in [4.78, 5) is 0. The molecule has 0 saturated heterocycles. The van der Waals surface area contributed by atoms with Gasteiger partial charge in [0.25, 0.3) is 0 Å². The maximum Gasteiger partial charge on any atom is 0.0866 e. The fraction of sp³-hybridized carbons (Fsp3) is 0.429. The lowest BCUT2D eigenvalue weighted by Gasteiger charge is -2.14. The van der Waals surface area contributed by atoms with Gasteiger partial charge in [0.05, 0.1) is 11.4 Å². The van der Waals surface area contributed by atoms with Gasteiger partial charge in [0.2, 0.25) is 0 Å². The Labute approximate surface area is 226 Å². The average Bonchev–Trinajstić information content (AvgIpc) is 2.94. The third kappa shape index (κ3) is 8.52. The number of hydrogen-bond acceptors (Lipinski definition) is 2. The molecule has 2 nitrogen and oxygen atoms in total. The predicted molar refractivity (Wildman–Crippen MR) is 162 cm³/mol. The second-order valence-corrected chi connectivity index (χ2v) is 10.1. The lowest BCUT2D eigenvalue weighted by molar-refractivity contribution is 0.607. The minimum absolute atomic E-state index is 0.851. The summed E-state index contributed by atoms with van der Waals surface area (Å²) in [6.07, 6.45) is 14.2. The van der Waals surface area contributed by atoms with Gasteiger partial charge in [-0.05, 0) is 96.2 Å². The zero-order valence-electron chi connectivity index (χ0n) is 23.8. The van der Waals surface area contributed by atoms with E-state index in [-0.39, 0.29) is 0 Å². The largest absolute Gasteiger partial charge is 0.155 e. The van der Waals surface area contributed by atoms with Crippen LogP contribution in [-0.2, 0) is 19.3 Å². The Hall–Kier alpha value is -3.00. The highest BCUT2D eigenvalue weighted by molar-refractivity contribution is 5.72. The van der Waals surface area contributed by atoms with E-state index in [9.17, 15) is 0 Å². The second-order valence-electron chi connectivity index (χ2n) is 10.1. The number of nitrogens with zero attached hydrogens (tertiary/aromatic N) is 2. The number of hydrogen-bond donors (Lipinski definition) is 0. The zero-order valence-corrected chi connectivity index (χ0v) is 23.8. The Morgan fingerprint density at radius 3 is 2.22 bits per heavy atom. The van der Waals surface area contributed by atoms with Gasteiger partial charge in [-0.25, -0.2) is 0 Å². The van der Waals surface area contributed by atoms with Crippen molar-refractivity contribution in [3.8, 4) is 11.1 Å². The van der Waals surface area contributed by atoms with Crippen molar-refractivity contribution in [2.45, 2.75) is 98.8 Å². The molecule has 0 atom stereocenters. The Morgan fingerprint density at radius 2 is 1.51 bits per heavy atom. The highest BCUT2D eigenvalue weighted by Crippen LogP contribution is 2.33. The topological polar surface area (TPSA) is 24.7 Å². The van der Waals surface area contributed by atoms with Crippen LogP contribution in [0.1, 0.15) is 100 Å². The molecule has 0 amide bonds. The van der Waals surface area contributed by atoms with E-state index in [2.05, 4.69) is 101 Å². The summed E-state index contributed by atoms with van der Waals surface area (Å²) >= 11 is 0. The highest BCUT2D eigenvalue weighted by atomic mass is 15.1. The molecule has 0 unspecified atom stereocenters. The molecule has 0 aliphatic heterocycles. The predicted octanol–water partition coefficient (Wildman–Crippen LogP) is 11.2. The first-order valence-corrected chi connectivity index (χ1v) is 14.5. The van der Waals surface area contributed by atoms with E-state index >= 15 is 0 Å². The van der Waals surface area contributed by atoms with Crippen molar-refractivity contribution >= 4 is 11.8 Å². The fourth-order valence-electron chi connectivity index (χ4n) is 5.04. The van der Waals surface area contributed by atoms with Gasteiger partial charge in [-0.15, -0.1) is 0 Å². The van der Waals surface area contributed by atoms with E-state index in [1.165, 1.54) is 77.5 Å². The molecule has 2 heteroatoms. The minimum Gasteiger partial charge on any atom is -0.155 e. The molecule has 0 N–H and O–H groups in total. The average molecular weight is 495 g/mol. The van der Waals surface area contributed by atoms with Gasteiger partial charge < -0.3 is 0 Å². The van der Waals surface area contributed by atoms with Crippen molar-refractivity contribution in [1.29, 1.82) is 0 Å². The first kappa shape index (κ1) is 28.6. The van der Waals surface area contributed by atoms with Gasteiger partial charge >= 0.3 is 0 Å². The molecular weight excluding hydrogens is 448 g/mol. The molecule has 0 aromatic heterocycles. The maximum absolute atomic E-state index is 4.73. The SMILES string of the molecule is CCCCCCCCc1cc(C=C(CC)N=Nc2cc(CC)c(CC)c(-c3ccccc3)c2)ccc1C. The molecule has 37 heavy (non-hydrogen) atoms. The van der Waals surface area contributed by atoms with Crippen LogP contribution in [0.3, 0.4) is 0 Å². The van der Waals surface area contributed by atoms with Crippen LogP contribution in [-0.4, -0.2) is 0 Å². The van der Waals surface area contributed by atoms with Crippen LogP contribution < -0.4 is 0 Å². The van der Waals surface area contributed by atoms with E-state index in [1.54, 1.807) is 0 Å². The van der Waals surface area contributed by atoms with Crippen molar-refractivity contribution < 1.29 is 0 Å². The minimum atomic E-state index is 0.851. The van der Waals surface area contributed by atoms with Crippen molar-refractivity contribution in [3.05, 3.63) is 94.2 Å². The molecule has 0 aliphatic rings. The third-order valence-electron chi connectivity index (χ3n) is 7.31. The molecule has 3 aromatic carbocycles. The Bertz CT molecular complexity index is 1170. The molecule has 0 aliphatic carbocycles. The normalized spacial score (nSPS) is 12.0. The van der Waals surface area contributed by atoms with E-state index in [0.29, 0.717) is 0 Å². The van der Waals surface area contributed by atoms with Crippen molar-refractivity contribution in [3.63, 3.8) is 0 Å². The van der Waals surface area contributed by atoms with Crippen molar-refractivity contribution in [2.75, 3.05) is 0 Å². The third-order valence-corrected chi connectivity index (χ3v) is 7.31. The number of allylic oxidation sites excluding steroid dienone is 1. The molecule has 0 saturated carbocycles. The van der Waals surface area contributed by atoms with E-state index in [1.807, 2.05) is 0 Å². The van der Waals surface area contributed by atoms with Crippen LogP contribution in [0.15, 0.2) is 76.6 Å². The van der Waals surface area contributed by atoms with Gasteiger partial charge in [0.15, 0.2) is 0 Å². The molecule has 0 fully saturated rings. The standard InChI is InChI=1S/C35H46N2/c1-6-10-11-12-13-15-20-31-23-28(22-21-27(31)5)24-32(8-3)36-37-33-25-29(7-2)34(9-4)35(26-33)30-18-16-14-17-19-30/h14,16-19,21-26H,6-13,15,20H2,1-5H3. The summed E-state index contributed by atoms with van der Waals surface area (Å²) in [5.74, 6) is 0. The summed E-state index contributed by atoms with van der Waals surface area (Å²) in [5.41, 5.74) is 11.3. The smallest absolute Gasteiger partial charge is 0.0866 e. The first-order chi connectivity index (χ1) is 18.1. The number of unbranched alkanes of at least 4 members (excludes halogenated alkanes) is 5. The summed E-state index contributed by atoms with van der Waals surface area (Å²) in [6.45, 7) is 11.1. The highest BCUT2D eigenvalue weighted by Gasteiger charge is 2.10. The van der Waals surface area contributed by atoms with Crippen LogP contribution in [0.25, 0.3) is 17.2 Å². The molecule has 0 radical (unpaired) electrons. The number of aryl methyl sites for hydroxylation is 3. The summed E-state index contributed by atoms with van der Waals surface area (Å²) in [6, 6.07) is 21.9. The molecular formula is C35H46N2. The lowest BCUT2D eigenvalue weighted by atomic mass is 9.92. The first-order valence-electron chi connectivity index (χ1n) is 14.5. The Balaban J connectivity index is 1.80. The van der Waals surface area contributed by atoms with Crippen molar-refractivity contribution in [2.24, 2.45) is 10.2 Å². The molecule has 196 valence electrons. The quantitative estimate of drug-likeness (QED) is 0.157. The number of benzene rings is 3. The molecule has 0 spiro atoms. The molecule has 0 heterocycles. The maximum atomic E-state index is 4.73. The Kier molecular flexibility index (Phi) is 11.8. The summed E-state index contributed by atoms with van der Waals surface area (Å²) in [7, 11) is 0. The summed E-state index contributed by atoms with van der Waals surface area (Å²) < 4.78 is 0. The lowest BCUT2D eigenvalue weighted by Crippen LogP contribution is -1.95. The van der Waals surface area contributed by atoms with Gasteiger partial charge in [-0.1, -0.05) is 108 Å². The van der Waals surface area contributed by atoms with Crippen LogP contribution in [0.4, 0.5) is 5.69 Å². The number of azo groups is 1. The molecule has 3 rings (SSSR count). The van der Waals surface area contributed by atoms with Gasteiger partial charge in [-0.2, -0.15) is 10.2 Å². The van der Waals surface area contributed by atoms with Crippen LogP contribution in [0.5, 0.6) is 0 Å². The molecule has 0 bridgehead atoms. The molecule has 3 aromatic rings. The van der Waals surface area contributed by atoms with E-state index in [0.717, 1.165) is 37.1 Å². The van der Waals surface area contributed by atoms with E-state index in [4.69, 9.17) is 10.2 Å². The summed E-state index contributed by atoms with van der Waals surface area (Å²) in [5, 5.41) is 9.44. The monoisotopic (exact) mass is 494 g/mol.